The van der Waals surface area contributed by atoms with Crippen molar-refractivity contribution in [3.8, 4) is 0 Å². The number of carbonyl (C=O) groups is 1. The summed E-state index contributed by atoms with van der Waals surface area (Å²) >= 11 is 0. The Balaban J connectivity index is 2.36. The standard InChI is InChI=1S/C25H34F3N3O2S/c1-15(2)20-10-19(25(27)28)11-21(16(3)4)22(20)12-24(32)30-34(29,33)14-18-8-7-17(9-23(18)26)13-31(5)6/h7-11,15-16,25H,12-14H2,1-6H3,(H2,29,30,32,33). The highest BCUT2D eigenvalue weighted by atomic mass is 32.2. The van der Waals surface area contributed by atoms with Gasteiger partial charge in [-0.15, -0.1) is 4.36 Å². The Bertz CT molecular complexity index is 1130. The third kappa shape index (κ3) is 7.65. The topological polar surface area (TPSA) is 75.8 Å². The lowest BCUT2D eigenvalue weighted by Crippen LogP contribution is -2.19. The van der Waals surface area contributed by atoms with Crippen LogP contribution in [0.4, 0.5) is 13.2 Å². The maximum absolute atomic E-state index is 14.5. The van der Waals surface area contributed by atoms with E-state index in [1.54, 1.807) is 6.07 Å². The molecule has 0 aliphatic heterocycles. The molecule has 2 rings (SSSR count). The molecule has 9 heteroatoms. The summed E-state index contributed by atoms with van der Waals surface area (Å²) in [6.07, 6.45) is -2.85. The van der Waals surface area contributed by atoms with Crippen LogP contribution in [0.25, 0.3) is 0 Å². The summed E-state index contributed by atoms with van der Waals surface area (Å²) in [6.45, 7) is 7.96. The van der Waals surface area contributed by atoms with Gasteiger partial charge in [0.05, 0.1) is 12.2 Å². The molecule has 0 aromatic heterocycles. The maximum atomic E-state index is 14.5. The first-order valence-electron chi connectivity index (χ1n) is 11.1. The Hall–Kier alpha value is -2.23. The highest BCUT2D eigenvalue weighted by molar-refractivity contribution is 7.90. The summed E-state index contributed by atoms with van der Waals surface area (Å²) < 4.78 is 57.9. The van der Waals surface area contributed by atoms with E-state index >= 15 is 0 Å². The average molecular weight is 498 g/mol. The van der Waals surface area contributed by atoms with Gasteiger partial charge in [-0.2, -0.15) is 0 Å². The minimum Gasteiger partial charge on any atom is -0.305 e. The molecule has 1 amide bonds. The van der Waals surface area contributed by atoms with Crippen molar-refractivity contribution in [1.29, 1.82) is 0 Å². The molecule has 1 unspecified atom stereocenters. The first-order chi connectivity index (χ1) is 15.7. The Kier molecular flexibility index (Phi) is 9.45. The fourth-order valence-electron chi connectivity index (χ4n) is 3.88. The number of hydrogen-bond acceptors (Lipinski definition) is 3. The predicted octanol–water partition coefficient (Wildman–Crippen LogP) is 5.68. The van der Waals surface area contributed by atoms with E-state index < -0.39 is 33.8 Å². The molecular formula is C25H34F3N3O2S. The number of halogens is 3. The fraction of sp³-hybridized carbons (Fsp3) is 0.480. The maximum Gasteiger partial charge on any atom is 0.263 e. The smallest absolute Gasteiger partial charge is 0.263 e. The van der Waals surface area contributed by atoms with Crippen LogP contribution >= 0.6 is 0 Å². The third-order valence-electron chi connectivity index (χ3n) is 5.40. The Morgan fingerprint density at radius 3 is 2.06 bits per heavy atom. The van der Waals surface area contributed by atoms with Crippen LogP contribution < -0.4 is 5.14 Å². The number of alkyl halides is 2. The SMILES string of the molecule is CC(C)c1cc(C(F)F)cc(C(C)C)c1CC(=O)N=S(N)(=O)Cc1ccc(CN(C)C)cc1F. The molecule has 2 N–H and O–H groups in total. The van der Waals surface area contributed by atoms with Crippen molar-refractivity contribution in [1.82, 2.24) is 4.90 Å². The number of hydrogen-bond donors (Lipinski definition) is 1. The quantitative estimate of drug-likeness (QED) is 0.484. The Morgan fingerprint density at radius 2 is 1.62 bits per heavy atom. The summed E-state index contributed by atoms with van der Waals surface area (Å²) in [6, 6.07) is 7.38. The van der Waals surface area contributed by atoms with Crippen molar-refractivity contribution < 1.29 is 22.2 Å². The molecule has 188 valence electrons. The zero-order valence-corrected chi connectivity index (χ0v) is 21.4. The van der Waals surface area contributed by atoms with Crippen LogP contribution in [0.3, 0.4) is 0 Å². The lowest BCUT2D eigenvalue weighted by Gasteiger charge is -2.21. The van der Waals surface area contributed by atoms with Crippen LogP contribution in [-0.4, -0.2) is 29.1 Å². The van der Waals surface area contributed by atoms with E-state index in [0.29, 0.717) is 23.2 Å². The van der Waals surface area contributed by atoms with Crippen molar-refractivity contribution in [2.75, 3.05) is 14.1 Å². The molecule has 0 fully saturated rings. The molecule has 1 atom stereocenters. The zero-order chi connectivity index (χ0) is 25.8. The molecule has 0 heterocycles. The van der Waals surface area contributed by atoms with E-state index in [1.165, 1.54) is 24.3 Å². The number of carbonyl (C=O) groups excluding carboxylic acids is 1. The number of benzene rings is 2. The number of amides is 1. The van der Waals surface area contributed by atoms with E-state index in [-0.39, 0.29) is 29.4 Å². The molecular weight excluding hydrogens is 463 g/mol. The van der Waals surface area contributed by atoms with E-state index in [2.05, 4.69) is 4.36 Å². The highest BCUT2D eigenvalue weighted by Gasteiger charge is 2.22. The molecule has 0 radical (unpaired) electrons. The second kappa shape index (κ2) is 11.5. The first-order valence-corrected chi connectivity index (χ1v) is 12.9. The van der Waals surface area contributed by atoms with Gasteiger partial charge in [0.15, 0.2) is 0 Å². The summed E-state index contributed by atoms with van der Waals surface area (Å²) in [4.78, 5) is 14.7. The van der Waals surface area contributed by atoms with Gasteiger partial charge < -0.3 is 4.90 Å². The highest BCUT2D eigenvalue weighted by Crippen LogP contribution is 2.33. The van der Waals surface area contributed by atoms with Crippen molar-refractivity contribution in [2.24, 2.45) is 9.50 Å². The van der Waals surface area contributed by atoms with Crippen LogP contribution in [0, 0.1) is 5.82 Å². The van der Waals surface area contributed by atoms with Crippen molar-refractivity contribution in [2.45, 2.75) is 64.7 Å². The van der Waals surface area contributed by atoms with Crippen LogP contribution in [0.1, 0.15) is 79.3 Å². The van der Waals surface area contributed by atoms with Gasteiger partial charge in [-0.3, -0.25) is 4.79 Å². The molecule has 2 aromatic rings. The van der Waals surface area contributed by atoms with Gasteiger partial charge in [-0.1, -0.05) is 39.8 Å². The molecule has 0 saturated heterocycles. The largest absolute Gasteiger partial charge is 0.305 e. The van der Waals surface area contributed by atoms with Crippen molar-refractivity contribution in [3.63, 3.8) is 0 Å². The van der Waals surface area contributed by atoms with Gasteiger partial charge in [-0.25, -0.2) is 22.5 Å². The monoisotopic (exact) mass is 497 g/mol. The molecule has 2 aromatic carbocycles. The minimum absolute atomic E-state index is 0.101. The molecule has 34 heavy (non-hydrogen) atoms. The Labute approximate surface area is 200 Å². The van der Waals surface area contributed by atoms with Gasteiger partial charge in [-0.05, 0) is 66.4 Å². The van der Waals surface area contributed by atoms with Crippen LogP contribution in [0.2, 0.25) is 0 Å². The third-order valence-corrected chi connectivity index (χ3v) is 6.64. The van der Waals surface area contributed by atoms with E-state index in [1.807, 2.05) is 46.7 Å². The molecule has 0 saturated carbocycles. The second-order valence-electron chi connectivity index (χ2n) is 9.45. The van der Waals surface area contributed by atoms with Crippen molar-refractivity contribution in [3.05, 3.63) is 69.5 Å². The fourth-order valence-corrected chi connectivity index (χ4v) is 5.04. The summed E-state index contributed by atoms with van der Waals surface area (Å²) in [5.41, 5.74) is 2.59. The summed E-state index contributed by atoms with van der Waals surface area (Å²) in [5, 5.41) is 5.82. The first kappa shape index (κ1) is 28.0. The lowest BCUT2D eigenvalue weighted by molar-refractivity contribution is -0.117. The number of rotatable bonds is 9. The van der Waals surface area contributed by atoms with E-state index in [4.69, 9.17) is 5.14 Å². The number of nitrogens with zero attached hydrogens (tertiary/aromatic N) is 2. The van der Waals surface area contributed by atoms with E-state index in [9.17, 15) is 22.2 Å². The van der Waals surface area contributed by atoms with Crippen LogP contribution in [0.15, 0.2) is 34.7 Å². The van der Waals surface area contributed by atoms with Gasteiger partial charge in [0, 0.05) is 17.7 Å². The number of nitrogens with two attached hydrogens (primary N) is 1. The second-order valence-corrected chi connectivity index (χ2v) is 11.3. The normalized spacial score (nSPS) is 13.7. The van der Waals surface area contributed by atoms with Gasteiger partial charge in [0.2, 0.25) is 0 Å². The lowest BCUT2D eigenvalue weighted by atomic mass is 9.85. The molecule has 5 nitrogen and oxygen atoms in total. The van der Waals surface area contributed by atoms with Crippen LogP contribution in [-0.2, 0) is 33.4 Å². The van der Waals surface area contributed by atoms with Crippen LogP contribution in [0.5, 0.6) is 0 Å². The molecule has 0 aliphatic carbocycles. The van der Waals surface area contributed by atoms with Crippen molar-refractivity contribution >= 4 is 15.8 Å². The predicted molar refractivity (Wildman–Crippen MR) is 131 cm³/mol. The Morgan fingerprint density at radius 1 is 1.06 bits per heavy atom. The van der Waals surface area contributed by atoms with Gasteiger partial charge in [0.25, 0.3) is 12.3 Å². The molecule has 0 bridgehead atoms. The van der Waals surface area contributed by atoms with Gasteiger partial charge >= 0.3 is 0 Å². The molecule has 0 aliphatic rings. The average Bonchev–Trinajstić information content (AvgIpc) is 2.68. The summed E-state index contributed by atoms with van der Waals surface area (Å²) in [7, 11) is 0.176. The zero-order valence-electron chi connectivity index (χ0n) is 20.6. The minimum atomic E-state index is -3.55. The summed E-state index contributed by atoms with van der Waals surface area (Å²) in [5.74, 6) is -1.93. The molecule has 0 spiro atoms. The van der Waals surface area contributed by atoms with E-state index in [0.717, 1.165) is 5.56 Å². The van der Waals surface area contributed by atoms with Gasteiger partial charge in [0.1, 0.15) is 15.7 Å².